The maximum Gasteiger partial charge on any atom is 0.333 e. The summed E-state index contributed by atoms with van der Waals surface area (Å²) in [4.78, 5) is 43.4. The molecule has 2 aromatic heterocycles. The van der Waals surface area contributed by atoms with Gasteiger partial charge in [-0.15, -0.1) is 0 Å². The van der Waals surface area contributed by atoms with E-state index in [1.165, 1.54) is 29.1 Å². The molecule has 0 unspecified atom stereocenters. The molecule has 0 bridgehead atoms. The highest BCUT2D eigenvalue weighted by molar-refractivity contribution is 6.32. The number of anilines is 1. The number of nitriles is 1. The lowest BCUT2D eigenvalue weighted by Crippen LogP contribution is -2.43. The molecule has 4 rings (SSSR count). The van der Waals surface area contributed by atoms with E-state index >= 15 is 0 Å². The van der Waals surface area contributed by atoms with Crippen molar-refractivity contribution in [2.75, 3.05) is 5.32 Å². The van der Waals surface area contributed by atoms with Gasteiger partial charge in [0.15, 0.2) is 11.2 Å². The fourth-order valence-corrected chi connectivity index (χ4v) is 3.78. The molecule has 0 spiro atoms. The maximum absolute atomic E-state index is 13.3. The van der Waals surface area contributed by atoms with Crippen LogP contribution in [-0.2, 0) is 24.4 Å². The molecule has 0 atom stereocenters. The van der Waals surface area contributed by atoms with Crippen molar-refractivity contribution in [1.82, 2.24) is 18.7 Å². The zero-order valence-electron chi connectivity index (χ0n) is 17.7. The molecular formula is C23H19ClN6O3. The van der Waals surface area contributed by atoms with Gasteiger partial charge in [-0.25, -0.2) is 14.3 Å². The van der Waals surface area contributed by atoms with Crippen LogP contribution < -0.4 is 16.6 Å². The SMILES string of the molecule is CCn1cnc2c1c(=O)n(CC(=O)Nc1ccc(C#N)c(Cl)c1)c(=O)n2Cc1ccccc1. The molecule has 0 saturated heterocycles. The number of aryl methyl sites for hydroxylation is 1. The Morgan fingerprint density at radius 1 is 1.15 bits per heavy atom. The van der Waals surface area contributed by atoms with Crippen LogP contribution in [0.5, 0.6) is 0 Å². The first-order valence-corrected chi connectivity index (χ1v) is 10.5. The number of imidazole rings is 1. The average Bonchev–Trinajstić information content (AvgIpc) is 3.24. The van der Waals surface area contributed by atoms with E-state index in [0.717, 1.165) is 10.1 Å². The number of nitrogens with zero attached hydrogens (tertiary/aromatic N) is 5. The maximum atomic E-state index is 13.3. The van der Waals surface area contributed by atoms with Crippen LogP contribution in [0.3, 0.4) is 0 Å². The summed E-state index contributed by atoms with van der Waals surface area (Å²) in [5.74, 6) is -0.580. The van der Waals surface area contributed by atoms with Gasteiger partial charge in [0.2, 0.25) is 5.91 Å². The largest absolute Gasteiger partial charge is 0.333 e. The van der Waals surface area contributed by atoms with Crippen LogP contribution in [0, 0.1) is 11.3 Å². The molecule has 2 aromatic carbocycles. The van der Waals surface area contributed by atoms with Crippen LogP contribution in [0.15, 0.2) is 64.4 Å². The van der Waals surface area contributed by atoms with Gasteiger partial charge < -0.3 is 9.88 Å². The van der Waals surface area contributed by atoms with Crippen molar-refractivity contribution in [2.45, 2.75) is 26.6 Å². The van der Waals surface area contributed by atoms with Crippen molar-refractivity contribution in [3.63, 3.8) is 0 Å². The molecule has 1 N–H and O–H groups in total. The van der Waals surface area contributed by atoms with E-state index in [0.29, 0.717) is 12.2 Å². The molecule has 4 aromatic rings. The zero-order chi connectivity index (χ0) is 23.5. The minimum atomic E-state index is -0.634. The predicted octanol–water partition coefficient (Wildman–Crippen LogP) is 2.59. The first-order chi connectivity index (χ1) is 15.9. The fourth-order valence-electron chi connectivity index (χ4n) is 3.55. The highest BCUT2D eigenvalue weighted by Gasteiger charge is 2.19. The van der Waals surface area contributed by atoms with Gasteiger partial charge in [-0.2, -0.15) is 5.26 Å². The molecule has 0 fully saturated rings. The molecule has 10 heteroatoms. The summed E-state index contributed by atoms with van der Waals surface area (Å²) in [7, 11) is 0. The van der Waals surface area contributed by atoms with E-state index < -0.39 is 23.7 Å². The first-order valence-electron chi connectivity index (χ1n) is 10.1. The van der Waals surface area contributed by atoms with Gasteiger partial charge in [0.1, 0.15) is 12.6 Å². The first kappa shape index (κ1) is 22.0. The lowest BCUT2D eigenvalue weighted by Gasteiger charge is -2.13. The molecule has 9 nitrogen and oxygen atoms in total. The summed E-state index contributed by atoms with van der Waals surface area (Å²) >= 11 is 6.02. The minimum absolute atomic E-state index is 0.186. The van der Waals surface area contributed by atoms with Crippen molar-refractivity contribution in [2.24, 2.45) is 0 Å². The van der Waals surface area contributed by atoms with Crippen LogP contribution in [0.2, 0.25) is 5.02 Å². The number of fused-ring (bicyclic) bond motifs is 1. The van der Waals surface area contributed by atoms with E-state index in [9.17, 15) is 14.4 Å². The van der Waals surface area contributed by atoms with Crippen molar-refractivity contribution in [3.8, 4) is 6.07 Å². The molecule has 0 aliphatic rings. The Kier molecular flexibility index (Phi) is 6.11. The standard InChI is InChI=1S/C23H19ClN6O3/c1-2-28-14-26-21-20(28)22(32)30(23(33)29(21)12-15-6-4-3-5-7-15)13-19(31)27-17-9-8-16(11-25)18(24)10-17/h3-10,14H,2,12-13H2,1H3,(H,27,31). The van der Waals surface area contributed by atoms with Gasteiger partial charge >= 0.3 is 5.69 Å². The average molecular weight is 463 g/mol. The minimum Gasteiger partial charge on any atom is -0.325 e. The van der Waals surface area contributed by atoms with Crippen molar-refractivity contribution < 1.29 is 4.79 Å². The monoisotopic (exact) mass is 462 g/mol. The summed E-state index contributed by atoms with van der Waals surface area (Å²) in [5, 5.41) is 11.8. The number of hydrogen-bond donors (Lipinski definition) is 1. The Hall–Kier alpha value is -4.16. The lowest BCUT2D eigenvalue weighted by molar-refractivity contribution is -0.116. The third-order valence-electron chi connectivity index (χ3n) is 5.18. The van der Waals surface area contributed by atoms with Crippen LogP contribution in [-0.4, -0.2) is 24.6 Å². The normalized spacial score (nSPS) is 10.8. The van der Waals surface area contributed by atoms with Crippen LogP contribution in [0.1, 0.15) is 18.1 Å². The van der Waals surface area contributed by atoms with Gasteiger partial charge in [-0.1, -0.05) is 41.9 Å². The second-order valence-electron chi connectivity index (χ2n) is 7.30. The highest BCUT2D eigenvalue weighted by atomic mass is 35.5. The van der Waals surface area contributed by atoms with Crippen molar-refractivity contribution in [1.29, 1.82) is 5.26 Å². The van der Waals surface area contributed by atoms with E-state index in [1.807, 2.05) is 43.3 Å². The quantitative estimate of drug-likeness (QED) is 0.473. The van der Waals surface area contributed by atoms with E-state index in [-0.39, 0.29) is 28.3 Å². The van der Waals surface area contributed by atoms with Crippen LogP contribution >= 0.6 is 11.6 Å². The third kappa shape index (κ3) is 4.29. The molecule has 0 radical (unpaired) electrons. The molecule has 1 amide bonds. The van der Waals surface area contributed by atoms with Crippen molar-refractivity contribution in [3.05, 3.63) is 91.8 Å². The summed E-state index contributed by atoms with van der Waals surface area (Å²) in [5.41, 5.74) is 0.772. The second-order valence-corrected chi connectivity index (χ2v) is 7.71. The molecule has 0 aliphatic heterocycles. The number of benzene rings is 2. The number of carbonyl (C=O) groups excluding carboxylic acids is 1. The number of hydrogen-bond acceptors (Lipinski definition) is 5. The molecular weight excluding hydrogens is 444 g/mol. The number of rotatable bonds is 6. The van der Waals surface area contributed by atoms with Gasteiger partial charge in [0, 0.05) is 12.2 Å². The van der Waals surface area contributed by atoms with Crippen molar-refractivity contribution >= 4 is 34.4 Å². The fraction of sp³-hybridized carbons (Fsp3) is 0.174. The topological polar surface area (TPSA) is 115 Å². The lowest BCUT2D eigenvalue weighted by atomic mass is 10.2. The summed E-state index contributed by atoms with van der Waals surface area (Å²) < 4.78 is 3.94. The highest BCUT2D eigenvalue weighted by Crippen LogP contribution is 2.20. The number of amides is 1. The van der Waals surface area contributed by atoms with E-state index in [4.69, 9.17) is 16.9 Å². The van der Waals surface area contributed by atoms with Crippen LogP contribution in [0.4, 0.5) is 5.69 Å². The van der Waals surface area contributed by atoms with Gasteiger partial charge in [0.05, 0.1) is 23.5 Å². The Balaban J connectivity index is 1.74. The molecule has 166 valence electrons. The number of carbonyl (C=O) groups is 1. The van der Waals surface area contributed by atoms with Crippen LogP contribution in [0.25, 0.3) is 11.2 Å². The summed E-state index contributed by atoms with van der Waals surface area (Å²) in [6.07, 6.45) is 1.51. The Labute approximate surface area is 193 Å². The van der Waals surface area contributed by atoms with Gasteiger partial charge in [-0.05, 0) is 30.7 Å². The summed E-state index contributed by atoms with van der Waals surface area (Å²) in [6, 6.07) is 15.7. The predicted molar refractivity (Wildman–Crippen MR) is 124 cm³/mol. The Bertz CT molecular complexity index is 1510. The molecule has 33 heavy (non-hydrogen) atoms. The zero-order valence-corrected chi connectivity index (χ0v) is 18.4. The second kappa shape index (κ2) is 9.14. The smallest absolute Gasteiger partial charge is 0.325 e. The van der Waals surface area contributed by atoms with E-state index in [1.54, 1.807) is 4.57 Å². The third-order valence-corrected chi connectivity index (χ3v) is 5.50. The van der Waals surface area contributed by atoms with Gasteiger partial charge in [-0.3, -0.25) is 14.2 Å². The van der Waals surface area contributed by atoms with Gasteiger partial charge in [0.25, 0.3) is 5.56 Å². The van der Waals surface area contributed by atoms with E-state index in [2.05, 4.69) is 10.3 Å². The Morgan fingerprint density at radius 3 is 2.58 bits per heavy atom. The molecule has 2 heterocycles. The summed E-state index contributed by atoms with van der Waals surface area (Å²) in [6.45, 7) is 2.04. The molecule has 0 saturated carbocycles. The molecule has 0 aliphatic carbocycles. The number of nitrogens with one attached hydrogen (secondary N) is 1. The number of halogens is 1. The number of aromatic nitrogens is 4. The Morgan fingerprint density at radius 2 is 1.91 bits per heavy atom.